The smallest absolute Gasteiger partial charge is 0.230 e. The van der Waals surface area contributed by atoms with E-state index in [9.17, 15) is 9.18 Å². The summed E-state index contributed by atoms with van der Waals surface area (Å²) < 4.78 is 14.3. The molecule has 5 rings (SSSR count). The number of nitrogens with zero attached hydrogens (tertiary/aromatic N) is 3. The highest BCUT2D eigenvalue weighted by atomic mass is 35.5. The molecule has 1 spiro atoms. The summed E-state index contributed by atoms with van der Waals surface area (Å²) in [7, 11) is 3.87. The number of fused-ring (bicyclic) bond motifs is 2. The van der Waals surface area contributed by atoms with Crippen molar-refractivity contribution in [2.24, 2.45) is 0 Å². The van der Waals surface area contributed by atoms with Crippen LogP contribution in [0.3, 0.4) is 0 Å². The number of amides is 1. The first kappa shape index (κ1) is 28.7. The van der Waals surface area contributed by atoms with Gasteiger partial charge in [-0.3, -0.25) is 4.79 Å². The molecule has 2 aliphatic heterocycles. The van der Waals surface area contributed by atoms with Gasteiger partial charge >= 0.3 is 0 Å². The number of likely N-dealkylation sites (tertiary alicyclic amines) is 1. The molecular weight excluding hydrogens is 544 g/mol. The molecule has 0 N–H and O–H groups in total. The van der Waals surface area contributed by atoms with Gasteiger partial charge in [0, 0.05) is 37.4 Å². The fourth-order valence-corrected chi connectivity index (χ4v) is 6.63. The molecule has 4 nitrogen and oxygen atoms in total. The number of hydrogen-bond acceptors (Lipinski definition) is 3. The van der Waals surface area contributed by atoms with Gasteiger partial charge in [0.25, 0.3) is 0 Å². The fourth-order valence-electron chi connectivity index (χ4n) is 6.33. The first-order chi connectivity index (χ1) is 19.2. The van der Waals surface area contributed by atoms with Crippen LogP contribution < -0.4 is 4.90 Å². The van der Waals surface area contributed by atoms with Gasteiger partial charge in [0.1, 0.15) is 5.82 Å². The number of rotatable bonds is 7. The SMILES string of the molecule is C=C1CC2(CCN(CCC(C(=O)N(C)Cc3ccccc3)c3ccc(Cl)c(Cl)c3)CC2)c2cc(F)ccc2N1C. The van der Waals surface area contributed by atoms with Crippen molar-refractivity contribution in [2.45, 2.75) is 43.6 Å². The molecule has 3 aromatic carbocycles. The van der Waals surface area contributed by atoms with Gasteiger partial charge in [-0.05, 0) is 92.3 Å². The van der Waals surface area contributed by atoms with Crippen molar-refractivity contribution in [1.82, 2.24) is 9.80 Å². The van der Waals surface area contributed by atoms with E-state index in [4.69, 9.17) is 23.2 Å². The summed E-state index contributed by atoms with van der Waals surface area (Å²) in [6.07, 6.45) is 3.36. The van der Waals surface area contributed by atoms with Crippen LogP contribution in [0.4, 0.5) is 10.1 Å². The lowest BCUT2D eigenvalue weighted by Gasteiger charge is -2.48. The second kappa shape index (κ2) is 11.9. The molecule has 1 fully saturated rings. The number of piperidine rings is 1. The molecule has 40 heavy (non-hydrogen) atoms. The van der Waals surface area contributed by atoms with Gasteiger partial charge in [0.05, 0.1) is 16.0 Å². The highest BCUT2D eigenvalue weighted by Gasteiger charge is 2.42. The van der Waals surface area contributed by atoms with Crippen molar-refractivity contribution in [3.8, 4) is 0 Å². The largest absolute Gasteiger partial charge is 0.349 e. The average molecular weight is 581 g/mol. The van der Waals surface area contributed by atoms with Crippen molar-refractivity contribution >= 4 is 34.8 Å². The van der Waals surface area contributed by atoms with E-state index >= 15 is 0 Å². The molecule has 1 atom stereocenters. The molecule has 1 amide bonds. The number of hydrogen-bond donors (Lipinski definition) is 0. The molecule has 0 saturated carbocycles. The Hall–Kier alpha value is -2.86. The van der Waals surface area contributed by atoms with E-state index in [2.05, 4.69) is 16.4 Å². The van der Waals surface area contributed by atoms with Gasteiger partial charge in [0.2, 0.25) is 5.91 Å². The maximum absolute atomic E-state index is 14.3. The number of carbonyl (C=O) groups excluding carboxylic acids is 1. The van der Waals surface area contributed by atoms with Crippen LogP contribution in [0.2, 0.25) is 10.0 Å². The minimum atomic E-state index is -0.336. The lowest BCUT2D eigenvalue weighted by atomic mass is 9.67. The van der Waals surface area contributed by atoms with Crippen LogP contribution in [0.5, 0.6) is 0 Å². The summed E-state index contributed by atoms with van der Waals surface area (Å²) in [5, 5.41) is 0.933. The molecule has 3 aromatic rings. The third-order valence-corrected chi connectivity index (χ3v) is 9.48. The van der Waals surface area contributed by atoms with Gasteiger partial charge in [-0.15, -0.1) is 0 Å². The number of benzene rings is 3. The Labute approximate surface area is 247 Å². The molecule has 7 heteroatoms. The van der Waals surface area contributed by atoms with E-state index < -0.39 is 0 Å². The van der Waals surface area contributed by atoms with Gasteiger partial charge in [0.15, 0.2) is 0 Å². The summed E-state index contributed by atoms with van der Waals surface area (Å²) in [5.41, 5.74) is 5.07. The van der Waals surface area contributed by atoms with Crippen LogP contribution in [0.25, 0.3) is 0 Å². The molecule has 0 aliphatic carbocycles. The van der Waals surface area contributed by atoms with Crippen molar-refractivity contribution in [2.75, 3.05) is 38.6 Å². The van der Waals surface area contributed by atoms with Gasteiger partial charge in [-0.1, -0.05) is 66.2 Å². The number of carbonyl (C=O) groups is 1. The van der Waals surface area contributed by atoms with Crippen LogP contribution in [-0.4, -0.2) is 49.4 Å². The van der Waals surface area contributed by atoms with E-state index in [1.54, 1.807) is 17.0 Å². The molecule has 1 unspecified atom stereocenters. The third-order valence-electron chi connectivity index (χ3n) is 8.74. The van der Waals surface area contributed by atoms with Crippen molar-refractivity contribution < 1.29 is 9.18 Å². The summed E-state index contributed by atoms with van der Waals surface area (Å²) >= 11 is 12.6. The van der Waals surface area contributed by atoms with E-state index in [-0.39, 0.29) is 23.1 Å². The van der Waals surface area contributed by atoms with Crippen molar-refractivity contribution in [3.05, 3.63) is 112 Å². The normalized spacial score (nSPS) is 17.5. The summed E-state index contributed by atoms with van der Waals surface area (Å²) in [5.74, 6) is -0.465. The van der Waals surface area contributed by atoms with Crippen LogP contribution in [0.15, 0.2) is 79.0 Å². The predicted octanol–water partition coefficient (Wildman–Crippen LogP) is 7.65. The maximum atomic E-state index is 14.3. The second-order valence-corrected chi connectivity index (χ2v) is 12.1. The Morgan fingerprint density at radius 1 is 1.05 bits per heavy atom. The van der Waals surface area contributed by atoms with Crippen molar-refractivity contribution in [3.63, 3.8) is 0 Å². The highest BCUT2D eigenvalue weighted by Crippen LogP contribution is 2.49. The maximum Gasteiger partial charge on any atom is 0.230 e. The van der Waals surface area contributed by atoms with Gasteiger partial charge in [-0.25, -0.2) is 4.39 Å². The zero-order chi connectivity index (χ0) is 28.4. The Kier molecular flexibility index (Phi) is 8.55. The number of halogens is 3. The van der Waals surface area contributed by atoms with Crippen LogP contribution in [0.1, 0.15) is 48.3 Å². The molecule has 0 bridgehead atoms. The quantitative estimate of drug-likeness (QED) is 0.287. The fraction of sp³-hybridized carbons (Fsp3) is 0.364. The van der Waals surface area contributed by atoms with E-state index in [0.717, 1.165) is 67.0 Å². The predicted molar refractivity (Wildman–Crippen MR) is 163 cm³/mol. The van der Waals surface area contributed by atoms with E-state index in [1.807, 2.05) is 62.6 Å². The first-order valence-corrected chi connectivity index (χ1v) is 14.6. The number of anilines is 1. The molecular formula is C33H36Cl2FN3O. The Morgan fingerprint density at radius 3 is 2.48 bits per heavy atom. The molecule has 210 valence electrons. The topological polar surface area (TPSA) is 26.8 Å². The zero-order valence-corrected chi connectivity index (χ0v) is 24.7. The molecule has 1 saturated heterocycles. The molecule has 2 aliphatic rings. The summed E-state index contributed by atoms with van der Waals surface area (Å²) in [4.78, 5) is 20.1. The van der Waals surface area contributed by atoms with Crippen molar-refractivity contribution in [1.29, 1.82) is 0 Å². The minimum absolute atomic E-state index is 0.0618. The van der Waals surface area contributed by atoms with E-state index in [0.29, 0.717) is 23.0 Å². The number of allylic oxidation sites excluding steroid dienone is 1. The Balaban J connectivity index is 1.30. The van der Waals surface area contributed by atoms with Crippen LogP contribution in [-0.2, 0) is 16.8 Å². The Morgan fingerprint density at radius 2 is 1.77 bits per heavy atom. The zero-order valence-electron chi connectivity index (χ0n) is 23.2. The second-order valence-electron chi connectivity index (χ2n) is 11.3. The van der Waals surface area contributed by atoms with E-state index in [1.165, 1.54) is 6.07 Å². The average Bonchev–Trinajstić information content (AvgIpc) is 2.95. The first-order valence-electron chi connectivity index (χ1n) is 13.8. The number of likely N-dealkylation sites (N-methyl/N-ethyl adjacent to an activating group) is 1. The lowest BCUT2D eigenvalue weighted by molar-refractivity contribution is -0.132. The van der Waals surface area contributed by atoms with Gasteiger partial charge in [-0.2, -0.15) is 0 Å². The van der Waals surface area contributed by atoms with Gasteiger partial charge < -0.3 is 14.7 Å². The summed E-state index contributed by atoms with van der Waals surface area (Å²) in [6.45, 7) is 7.40. The third kappa shape index (κ3) is 5.93. The Bertz CT molecular complexity index is 1390. The lowest BCUT2D eigenvalue weighted by Crippen LogP contribution is -2.47. The molecule has 2 heterocycles. The minimum Gasteiger partial charge on any atom is -0.349 e. The highest BCUT2D eigenvalue weighted by molar-refractivity contribution is 6.42. The summed E-state index contributed by atoms with van der Waals surface area (Å²) in [6, 6.07) is 20.6. The van der Waals surface area contributed by atoms with Crippen LogP contribution in [0, 0.1) is 5.82 Å². The molecule has 0 radical (unpaired) electrons. The molecule has 0 aromatic heterocycles. The monoisotopic (exact) mass is 579 g/mol. The van der Waals surface area contributed by atoms with Crippen LogP contribution >= 0.6 is 23.2 Å². The standard InChI is InChI=1S/C33H36Cl2FN3O/c1-23-21-33(28-20-26(36)10-12-31(28)38(23)3)14-17-39(18-15-33)16-13-27(25-9-11-29(34)30(35)19-25)32(40)37(2)22-24-7-5-4-6-8-24/h4-12,19-20,27H,1,13-18,21-22H2,2-3H3.